The fourth-order valence-electron chi connectivity index (χ4n) is 0. The predicted molar refractivity (Wildman–Crippen MR) is 35.6 cm³/mol. The molecule has 0 rings (SSSR count). The standard InChI is InChI=1S/C2H2Br2ClNO/c3-2(4,5)1(6)7/h(H2,6,7). The lowest BCUT2D eigenvalue weighted by molar-refractivity contribution is -0.116. The molecule has 0 aromatic heterocycles. The second-order valence-corrected chi connectivity index (χ2v) is 5.79. The van der Waals surface area contributed by atoms with Gasteiger partial charge in [0, 0.05) is 0 Å². The van der Waals surface area contributed by atoms with E-state index >= 15 is 0 Å². The van der Waals surface area contributed by atoms with E-state index in [1.54, 1.807) is 0 Å². The van der Waals surface area contributed by atoms with Crippen LogP contribution in [0.3, 0.4) is 0 Å². The van der Waals surface area contributed by atoms with E-state index in [1.165, 1.54) is 0 Å². The molecule has 0 aliphatic carbocycles. The zero-order valence-electron chi connectivity index (χ0n) is 3.12. The molecule has 0 saturated heterocycles. The summed E-state index contributed by atoms with van der Waals surface area (Å²) >= 11 is 10.7. The highest BCUT2D eigenvalue weighted by Crippen LogP contribution is 2.29. The van der Waals surface area contributed by atoms with E-state index in [1.807, 2.05) is 0 Å². The van der Waals surface area contributed by atoms with Crippen LogP contribution in [0.2, 0.25) is 0 Å². The fourth-order valence-corrected chi connectivity index (χ4v) is 0. The largest absolute Gasteiger partial charge is 0.367 e. The average molecular weight is 251 g/mol. The highest BCUT2D eigenvalue weighted by atomic mass is 79.9. The highest BCUT2D eigenvalue weighted by Gasteiger charge is 2.25. The number of primary amides is 1. The summed E-state index contributed by atoms with van der Waals surface area (Å²) in [4.78, 5) is 10.0. The van der Waals surface area contributed by atoms with Gasteiger partial charge in [0.05, 0.1) is 0 Å². The van der Waals surface area contributed by atoms with E-state index in [0.29, 0.717) is 0 Å². The molecule has 2 nitrogen and oxygen atoms in total. The molecule has 0 heterocycles. The number of amides is 1. The Morgan fingerprint density at radius 1 is 1.71 bits per heavy atom. The van der Waals surface area contributed by atoms with Crippen molar-refractivity contribution in [3.05, 3.63) is 0 Å². The monoisotopic (exact) mass is 249 g/mol. The van der Waals surface area contributed by atoms with Gasteiger partial charge in [0.1, 0.15) is 0 Å². The Morgan fingerprint density at radius 3 is 1.86 bits per heavy atom. The van der Waals surface area contributed by atoms with Gasteiger partial charge < -0.3 is 5.73 Å². The first-order chi connectivity index (χ1) is 2.94. The fraction of sp³-hybridized carbons (Fsp3) is 0.500. The summed E-state index contributed by atoms with van der Waals surface area (Å²) < 4.78 is -1.26. The Balaban J connectivity index is 3.79. The second-order valence-electron chi connectivity index (χ2n) is 0.862. The van der Waals surface area contributed by atoms with E-state index in [0.717, 1.165) is 0 Å². The van der Waals surface area contributed by atoms with Crippen LogP contribution in [0.15, 0.2) is 0 Å². The summed E-state index contributed by atoms with van der Waals surface area (Å²) in [6.45, 7) is 0. The van der Waals surface area contributed by atoms with Gasteiger partial charge in [-0.15, -0.1) is 0 Å². The van der Waals surface area contributed by atoms with Crippen LogP contribution >= 0.6 is 43.5 Å². The minimum absolute atomic E-state index is 0.658. The average Bonchev–Trinajstić information content (AvgIpc) is 1.31. The summed E-state index contributed by atoms with van der Waals surface area (Å²) in [5, 5.41) is 0. The zero-order chi connectivity index (χ0) is 6.08. The SMILES string of the molecule is NC(=O)C(Cl)(Br)Br. The molecule has 5 heteroatoms. The molecule has 0 spiro atoms. The zero-order valence-corrected chi connectivity index (χ0v) is 7.05. The van der Waals surface area contributed by atoms with E-state index < -0.39 is 8.60 Å². The lowest BCUT2D eigenvalue weighted by Gasteiger charge is -2.02. The van der Waals surface area contributed by atoms with Crippen molar-refractivity contribution < 1.29 is 4.79 Å². The van der Waals surface area contributed by atoms with E-state index in [4.69, 9.17) is 17.3 Å². The maximum atomic E-state index is 10.0. The van der Waals surface area contributed by atoms with Gasteiger partial charge in [0.25, 0.3) is 5.91 Å². The molecule has 2 N–H and O–H groups in total. The molecule has 0 fully saturated rings. The number of nitrogens with two attached hydrogens (primary N) is 1. The lowest BCUT2D eigenvalue weighted by Crippen LogP contribution is -2.26. The number of halogens is 3. The summed E-state index contributed by atoms with van der Waals surface area (Å²) in [6.07, 6.45) is 0. The van der Waals surface area contributed by atoms with Crippen molar-refractivity contribution in [1.82, 2.24) is 0 Å². The highest BCUT2D eigenvalue weighted by molar-refractivity contribution is 9.26. The first kappa shape index (κ1) is 7.72. The van der Waals surface area contributed by atoms with E-state index in [2.05, 4.69) is 31.9 Å². The smallest absolute Gasteiger partial charge is 0.260 e. The molecule has 0 aromatic rings. The van der Waals surface area contributed by atoms with Crippen molar-refractivity contribution in [2.24, 2.45) is 5.73 Å². The summed E-state index contributed by atoms with van der Waals surface area (Å²) in [6, 6.07) is 0. The van der Waals surface area contributed by atoms with Crippen molar-refractivity contribution in [2.45, 2.75) is 2.69 Å². The van der Waals surface area contributed by atoms with Crippen LogP contribution in [0.4, 0.5) is 0 Å². The minimum atomic E-state index is -1.26. The molecule has 1 amide bonds. The first-order valence-electron chi connectivity index (χ1n) is 1.31. The summed E-state index contributed by atoms with van der Waals surface area (Å²) in [7, 11) is 0. The van der Waals surface area contributed by atoms with Gasteiger partial charge in [-0.3, -0.25) is 4.79 Å². The van der Waals surface area contributed by atoms with E-state index in [9.17, 15) is 4.79 Å². The number of alkyl halides is 3. The molecule has 0 unspecified atom stereocenters. The van der Waals surface area contributed by atoms with Crippen molar-refractivity contribution in [1.29, 1.82) is 0 Å². The Bertz CT molecular complexity index is 88.2. The van der Waals surface area contributed by atoms with Gasteiger partial charge >= 0.3 is 0 Å². The Morgan fingerprint density at radius 2 is 1.86 bits per heavy atom. The number of hydrogen-bond donors (Lipinski definition) is 1. The molecule has 0 bridgehead atoms. The molecule has 0 aliphatic rings. The predicted octanol–water partition coefficient (Wildman–Crippen LogP) is 1.15. The summed E-state index contributed by atoms with van der Waals surface area (Å²) in [5.41, 5.74) is 4.70. The van der Waals surface area contributed by atoms with Crippen LogP contribution in [0.1, 0.15) is 0 Å². The Kier molecular flexibility index (Phi) is 2.57. The topological polar surface area (TPSA) is 43.1 Å². The lowest BCUT2D eigenvalue weighted by atomic mass is 10.8. The third kappa shape index (κ3) is 3.32. The van der Waals surface area contributed by atoms with Gasteiger partial charge in [-0.2, -0.15) is 0 Å². The van der Waals surface area contributed by atoms with Gasteiger partial charge in [-0.25, -0.2) is 0 Å². The van der Waals surface area contributed by atoms with Crippen LogP contribution in [0.5, 0.6) is 0 Å². The van der Waals surface area contributed by atoms with Crippen molar-refractivity contribution in [3.63, 3.8) is 0 Å². The molecular formula is C2H2Br2ClNO. The van der Waals surface area contributed by atoms with E-state index in [-0.39, 0.29) is 0 Å². The van der Waals surface area contributed by atoms with Crippen molar-refractivity contribution in [2.75, 3.05) is 0 Å². The van der Waals surface area contributed by atoms with Crippen LogP contribution in [0.25, 0.3) is 0 Å². The molecule has 0 radical (unpaired) electrons. The Labute approximate surface area is 62.6 Å². The van der Waals surface area contributed by atoms with Crippen LogP contribution in [-0.4, -0.2) is 8.60 Å². The minimum Gasteiger partial charge on any atom is -0.367 e. The van der Waals surface area contributed by atoms with Crippen LogP contribution in [0, 0.1) is 0 Å². The van der Waals surface area contributed by atoms with Gasteiger partial charge in [0.15, 0.2) is 0 Å². The van der Waals surface area contributed by atoms with Gasteiger partial charge in [0.2, 0.25) is 2.69 Å². The Hall–Kier alpha value is 0.720. The van der Waals surface area contributed by atoms with Crippen LogP contribution in [-0.2, 0) is 4.79 Å². The molecule has 0 saturated carbocycles. The molecular weight excluding hydrogens is 249 g/mol. The van der Waals surface area contributed by atoms with Crippen LogP contribution < -0.4 is 5.73 Å². The molecule has 7 heavy (non-hydrogen) atoms. The number of rotatable bonds is 1. The molecule has 42 valence electrons. The van der Waals surface area contributed by atoms with Crippen molar-refractivity contribution >= 4 is 49.4 Å². The quantitative estimate of drug-likeness (QED) is 0.698. The third-order valence-corrected chi connectivity index (χ3v) is 1.25. The van der Waals surface area contributed by atoms with Gasteiger partial charge in [-0.1, -0.05) is 11.6 Å². The van der Waals surface area contributed by atoms with Crippen molar-refractivity contribution in [3.8, 4) is 0 Å². The molecule has 0 aromatic carbocycles. The number of carbonyl (C=O) groups is 1. The second kappa shape index (κ2) is 2.33. The van der Waals surface area contributed by atoms with Gasteiger partial charge in [-0.05, 0) is 31.9 Å². The molecule has 0 atom stereocenters. The first-order valence-corrected chi connectivity index (χ1v) is 3.27. The number of hydrogen-bond acceptors (Lipinski definition) is 1. The maximum Gasteiger partial charge on any atom is 0.260 e. The normalized spacial score (nSPS) is 11.3. The maximum absolute atomic E-state index is 10.0. The molecule has 0 aliphatic heterocycles. The third-order valence-electron chi connectivity index (χ3n) is 0.279. The number of carbonyl (C=O) groups excluding carboxylic acids is 1. The summed E-state index contributed by atoms with van der Waals surface area (Å²) in [5.74, 6) is -0.658.